The van der Waals surface area contributed by atoms with Gasteiger partial charge in [-0.25, -0.2) is 4.98 Å². The van der Waals surface area contributed by atoms with Crippen LogP contribution in [0, 0.1) is 6.92 Å². The summed E-state index contributed by atoms with van der Waals surface area (Å²) in [6.45, 7) is 8.80. The smallest absolute Gasteiger partial charge is 0.270 e. The maximum absolute atomic E-state index is 12.3. The number of amides is 1. The Labute approximate surface area is 172 Å². The number of benzene rings is 2. The van der Waals surface area contributed by atoms with E-state index >= 15 is 0 Å². The van der Waals surface area contributed by atoms with Crippen LogP contribution in [0.4, 0.5) is 17.1 Å². The van der Waals surface area contributed by atoms with E-state index in [4.69, 9.17) is 0 Å². The minimum absolute atomic E-state index is 0.179. The van der Waals surface area contributed by atoms with Crippen molar-refractivity contribution in [2.45, 2.75) is 27.3 Å². The van der Waals surface area contributed by atoms with E-state index in [1.54, 1.807) is 12.3 Å². The van der Waals surface area contributed by atoms with Crippen LogP contribution in [0.2, 0.25) is 0 Å². The summed E-state index contributed by atoms with van der Waals surface area (Å²) >= 11 is 0. The molecule has 150 valence electrons. The highest BCUT2D eigenvalue weighted by Crippen LogP contribution is 2.21. The predicted molar refractivity (Wildman–Crippen MR) is 120 cm³/mol. The molecule has 1 amide bonds. The first-order valence-corrected chi connectivity index (χ1v) is 10.0. The van der Waals surface area contributed by atoms with Crippen LogP contribution in [-0.2, 0) is 6.54 Å². The summed E-state index contributed by atoms with van der Waals surface area (Å²) < 4.78 is 0. The molecule has 5 heteroatoms. The average Bonchev–Trinajstić information content (AvgIpc) is 2.75. The standard InChI is InChI=1S/C24H28N4O/c1-4-28(5-2)22-12-9-20(10-13-22)27-21-11-14-23(25-17-21)24(29)26-16-19-8-6-7-18(3)15-19/h6-15,17,27H,4-5,16H2,1-3H3,(H,26,29). The van der Waals surface area contributed by atoms with Crippen LogP contribution in [0.25, 0.3) is 0 Å². The fourth-order valence-electron chi connectivity index (χ4n) is 3.21. The van der Waals surface area contributed by atoms with E-state index in [9.17, 15) is 4.79 Å². The number of hydrogen-bond acceptors (Lipinski definition) is 4. The van der Waals surface area contributed by atoms with Gasteiger partial charge in [-0.1, -0.05) is 29.8 Å². The Bertz CT molecular complexity index is 932. The third-order valence-corrected chi connectivity index (χ3v) is 4.82. The van der Waals surface area contributed by atoms with Crippen molar-refractivity contribution in [1.29, 1.82) is 0 Å². The van der Waals surface area contributed by atoms with Crippen LogP contribution >= 0.6 is 0 Å². The van der Waals surface area contributed by atoms with Gasteiger partial charge in [0.25, 0.3) is 5.91 Å². The Morgan fingerprint density at radius 1 is 0.966 bits per heavy atom. The number of carbonyl (C=O) groups is 1. The Morgan fingerprint density at radius 2 is 1.69 bits per heavy atom. The van der Waals surface area contributed by atoms with E-state index < -0.39 is 0 Å². The molecule has 2 N–H and O–H groups in total. The first kappa shape index (κ1) is 20.4. The summed E-state index contributed by atoms with van der Waals surface area (Å²) in [5.41, 5.74) is 5.69. The molecule has 1 heterocycles. The number of rotatable bonds is 8. The van der Waals surface area contributed by atoms with E-state index in [1.165, 1.54) is 11.3 Å². The zero-order chi connectivity index (χ0) is 20.6. The van der Waals surface area contributed by atoms with E-state index in [0.29, 0.717) is 12.2 Å². The van der Waals surface area contributed by atoms with Crippen molar-refractivity contribution in [3.63, 3.8) is 0 Å². The molecule has 3 rings (SSSR count). The lowest BCUT2D eigenvalue weighted by Crippen LogP contribution is -2.23. The van der Waals surface area contributed by atoms with Gasteiger partial charge >= 0.3 is 0 Å². The molecule has 0 saturated carbocycles. The van der Waals surface area contributed by atoms with Gasteiger partial charge in [-0.15, -0.1) is 0 Å². The van der Waals surface area contributed by atoms with Crippen molar-refractivity contribution in [3.8, 4) is 0 Å². The zero-order valence-corrected chi connectivity index (χ0v) is 17.3. The van der Waals surface area contributed by atoms with Gasteiger partial charge in [-0.3, -0.25) is 4.79 Å². The van der Waals surface area contributed by atoms with Crippen LogP contribution in [0.3, 0.4) is 0 Å². The molecule has 0 aliphatic carbocycles. The third kappa shape index (κ3) is 5.57. The maximum atomic E-state index is 12.3. The summed E-state index contributed by atoms with van der Waals surface area (Å²) in [7, 11) is 0. The number of aryl methyl sites for hydroxylation is 1. The quantitative estimate of drug-likeness (QED) is 0.576. The summed E-state index contributed by atoms with van der Waals surface area (Å²) in [6.07, 6.45) is 1.68. The fourth-order valence-corrected chi connectivity index (χ4v) is 3.21. The largest absolute Gasteiger partial charge is 0.372 e. The molecule has 0 aliphatic rings. The van der Waals surface area contributed by atoms with Gasteiger partial charge in [-0.2, -0.15) is 0 Å². The zero-order valence-electron chi connectivity index (χ0n) is 17.3. The SMILES string of the molecule is CCN(CC)c1ccc(Nc2ccc(C(=O)NCc3cccc(C)c3)nc2)cc1. The second kappa shape index (κ2) is 9.73. The Balaban J connectivity index is 1.57. The molecule has 0 spiro atoms. The molecule has 0 unspecified atom stereocenters. The Morgan fingerprint density at radius 3 is 2.31 bits per heavy atom. The molecule has 0 radical (unpaired) electrons. The normalized spacial score (nSPS) is 10.4. The molecule has 5 nitrogen and oxygen atoms in total. The average molecular weight is 389 g/mol. The summed E-state index contributed by atoms with van der Waals surface area (Å²) in [4.78, 5) is 18.9. The number of nitrogens with zero attached hydrogens (tertiary/aromatic N) is 2. The molecule has 0 saturated heterocycles. The first-order valence-electron chi connectivity index (χ1n) is 10.0. The van der Waals surface area contributed by atoms with Crippen LogP contribution < -0.4 is 15.5 Å². The monoisotopic (exact) mass is 388 g/mol. The molecule has 2 aromatic carbocycles. The van der Waals surface area contributed by atoms with Crippen LogP contribution in [-0.4, -0.2) is 24.0 Å². The molecule has 0 fully saturated rings. The Kier molecular flexibility index (Phi) is 6.85. The molecular weight excluding hydrogens is 360 g/mol. The number of pyridine rings is 1. The van der Waals surface area contributed by atoms with Crippen molar-refractivity contribution in [2.24, 2.45) is 0 Å². The molecule has 0 atom stereocenters. The lowest BCUT2D eigenvalue weighted by molar-refractivity contribution is 0.0946. The van der Waals surface area contributed by atoms with Crippen molar-refractivity contribution >= 4 is 23.0 Å². The minimum atomic E-state index is -0.179. The van der Waals surface area contributed by atoms with Crippen LogP contribution in [0.5, 0.6) is 0 Å². The number of carbonyl (C=O) groups excluding carboxylic acids is 1. The van der Waals surface area contributed by atoms with Gasteiger partial charge in [0.15, 0.2) is 0 Å². The second-order valence-electron chi connectivity index (χ2n) is 6.95. The second-order valence-corrected chi connectivity index (χ2v) is 6.95. The Hall–Kier alpha value is -3.34. The first-order chi connectivity index (χ1) is 14.1. The fraction of sp³-hybridized carbons (Fsp3) is 0.250. The van der Waals surface area contributed by atoms with Crippen molar-refractivity contribution in [3.05, 3.63) is 83.7 Å². The van der Waals surface area contributed by atoms with E-state index in [1.807, 2.05) is 31.2 Å². The highest BCUT2D eigenvalue weighted by molar-refractivity contribution is 5.92. The molecule has 3 aromatic rings. The summed E-state index contributed by atoms with van der Waals surface area (Å²) in [6, 6.07) is 20.0. The highest BCUT2D eigenvalue weighted by atomic mass is 16.1. The van der Waals surface area contributed by atoms with Gasteiger partial charge < -0.3 is 15.5 Å². The van der Waals surface area contributed by atoms with E-state index in [0.717, 1.165) is 30.0 Å². The molecule has 0 bridgehead atoms. The van der Waals surface area contributed by atoms with Crippen molar-refractivity contribution in [2.75, 3.05) is 23.3 Å². The third-order valence-electron chi connectivity index (χ3n) is 4.82. The van der Waals surface area contributed by atoms with Crippen LogP contribution in [0.1, 0.15) is 35.5 Å². The van der Waals surface area contributed by atoms with E-state index in [-0.39, 0.29) is 5.91 Å². The lowest BCUT2D eigenvalue weighted by Gasteiger charge is -2.21. The molecule has 0 aliphatic heterocycles. The van der Waals surface area contributed by atoms with Crippen molar-refractivity contribution < 1.29 is 4.79 Å². The topological polar surface area (TPSA) is 57.3 Å². The summed E-state index contributed by atoms with van der Waals surface area (Å²) in [5.74, 6) is -0.179. The predicted octanol–water partition coefficient (Wildman–Crippen LogP) is 4.91. The number of aromatic nitrogens is 1. The van der Waals surface area contributed by atoms with Gasteiger partial charge in [0.05, 0.1) is 11.9 Å². The van der Waals surface area contributed by atoms with Crippen LogP contribution in [0.15, 0.2) is 66.9 Å². The maximum Gasteiger partial charge on any atom is 0.270 e. The van der Waals surface area contributed by atoms with E-state index in [2.05, 4.69) is 64.7 Å². The van der Waals surface area contributed by atoms with Gasteiger partial charge in [0, 0.05) is 31.0 Å². The van der Waals surface area contributed by atoms with Gasteiger partial charge in [0.1, 0.15) is 5.69 Å². The highest BCUT2D eigenvalue weighted by Gasteiger charge is 2.07. The molecule has 1 aromatic heterocycles. The summed E-state index contributed by atoms with van der Waals surface area (Å²) in [5, 5.41) is 6.24. The number of nitrogens with one attached hydrogen (secondary N) is 2. The minimum Gasteiger partial charge on any atom is -0.372 e. The lowest BCUT2D eigenvalue weighted by atomic mass is 10.1. The number of hydrogen-bond donors (Lipinski definition) is 2. The van der Waals surface area contributed by atoms with Crippen molar-refractivity contribution in [1.82, 2.24) is 10.3 Å². The van der Waals surface area contributed by atoms with Gasteiger partial charge in [-0.05, 0) is 62.7 Å². The molecule has 29 heavy (non-hydrogen) atoms. The number of anilines is 3. The van der Waals surface area contributed by atoms with Gasteiger partial charge in [0.2, 0.25) is 0 Å². The molecular formula is C24H28N4O.